The van der Waals surface area contributed by atoms with Gasteiger partial charge in [-0.25, -0.2) is 0 Å². The van der Waals surface area contributed by atoms with Crippen molar-refractivity contribution < 1.29 is 33.6 Å². The highest BCUT2D eigenvalue weighted by Crippen LogP contribution is 2.49. The van der Waals surface area contributed by atoms with Crippen LogP contribution in [0.15, 0.2) is 53.6 Å². The van der Waals surface area contributed by atoms with Gasteiger partial charge in [-0.05, 0) is 50.6 Å². The lowest BCUT2D eigenvalue weighted by Gasteiger charge is -2.45. The Kier molecular flexibility index (Phi) is 7.25. The number of rotatable bonds is 7. The number of carbonyl (C=O) groups is 2. The predicted molar refractivity (Wildman–Crippen MR) is 128 cm³/mol. The van der Waals surface area contributed by atoms with E-state index in [0.29, 0.717) is 22.8 Å². The molecule has 4 rings (SSSR count). The number of anilines is 1. The van der Waals surface area contributed by atoms with Crippen LogP contribution in [0.4, 0.5) is 5.69 Å². The third-order valence-electron chi connectivity index (χ3n) is 6.25. The van der Waals surface area contributed by atoms with Crippen LogP contribution in [0.1, 0.15) is 38.7 Å². The molecule has 9 nitrogen and oxygen atoms in total. The van der Waals surface area contributed by atoms with E-state index in [2.05, 4.69) is 10.5 Å². The van der Waals surface area contributed by atoms with Crippen molar-refractivity contribution in [1.29, 1.82) is 0 Å². The Morgan fingerprint density at radius 1 is 1.06 bits per heavy atom. The van der Waals surface area contributed by atoms with Crippen LogP contribution in [0.2, 0.25) is 0 Å². The van der Waals surface area contributed by atoms with Crippen LogP contribution in [-0.4, -0.2) is 48.4 Å². The number of ether oxygens (including phenoxy) is 4. The molecular formula is C26H30N2O7. The summed E-state index contributed by atoms with van der Waals surface area (Å²) >= 11 is 0. The van der Waals surface area contributed by atoms with E-state index >= 15 is 0 Å². The molecule has 1 aliphatic carbocycles. The second kappa shape index (κ2) is 10.4. The van der Waals surface area contributed by atoms with Gasteiger partial charge in [-0.1, -0.05) is 24.3 Å². The van der Waals surface area contributed by atoms with Gasteiger partial charge in [-0.2, -0.15) is 5.10 Å². The number of hydrazone groups is 1. The number of esters is 2. The quantitative estimate of drug-likeness (QED) is 0.455. The van der Waals surface area contributed by atoms with Crippen LogP contribution >= 0.6 is 0 Å². The summed E-state index contributed by atoms with van der Waals surface area (Å²) in [4.78, 5) is 26.6. The van der Waals surface area contributed by atoms with Gasteiger partial charge < -0.3 is 24.1 Å². The van der Waals surface area contributed by atoms with Gasteiger partial charge >= 0.3 is 11.9 Å². The number of carbonyl (C=O) groups excluding carboxylic acids is 2. The first-order valence-electron chi connectivity index (χ1n) is 11.7. The fraction of sp³-hybridized carbons (Fsp3) is 0.423. The van der Waals surface area contributed by atoms with E-state index in [1.807, 2.05) is 30.3 Å². The lowest BCUT2D eigenvalue weighted by Crippen LogP contribution is -2.55. The first-order chi connectivity index (χ1) is 16.9. The minimum atomic E-state index is -1.55. The Balaban J connectivity index is 1.84. The van der Waals surface area contributed by atoms with Crippen molar-refractivity contribution in [2.45, 2.75) is 38.7 Å². The van der Waals surface area contributed by atoms with Gasteiger partial charge in [0.15, 0.2) is 11.5 Å². The van der Waals surface area contributed by atoms with Crippen LogP contribution in [0, 0.1) is 11.8 Å². The Labute approximate surface area is 204 Å². The lowest BCUT2D eigenvalue weighted by molar-refractivity contribution is -0.163. The molecule has 0 bridgehead atoms. The number of hydrogen-bond donors (Lipinski definition) is 2. The average Bonchev–Trinajstić information content (AvgIpc) is 3.30. The van der Waals surface area contributed by atoms with Crippen LogP contribution in [0.5, 0.6) is 11.5 Å². The minimum absolute atomic E-state index is 0.0269. The fourth-order valence-corrected chi connectivity index (χ4v) is 4.78. The third kappa shape index (κ3) is 5.09. The van der Waals surface area contributed by atoms with Gasteiger partial charge in [0, 0.05) is 12.3 Å². The molecule has 0 amide bonds. The van der Waals surface area contributed by atoms with Crippen molar-refractivity contribution in [2.75, 3.05) is 25.4 Å². The summed E-state index contributed by atoms with van der Waals surface area (Å²) in [5, 5.41) is 16.1. The molecule has 186 valence electrons. The maximum absolute atomic E-state index is 13.4. The van der Waals surface area contributed by atoms with Crippen LogP contribution < -0.4 is 14.9 Å². The summed E-state index contributed by atoms with van der Waals surface area (Å²) in [7, 11) is 0. The van der Waals surface area contributed by atoms with E-state index in [1.165, 1.54) is 0 Å². The number of para-hydroxylation sites is 1. The number of benzene rings is 2. The van der Waals surface area contributed by atoms with Crippen molar-refractivity contribution >= 4 is 23.3 Å². The van der Waals surface area contributed by atoms with Crippen molar-refractivity contribution in [3.05, 3.63) is 54.1 Å². The molecule has 4 atom stereocenters. The molecule has 0 spiro atoms. The number of fused-ring (bicyclic) bond motifs is 1. The van der Waals surface area contributed by atoms with E-state index in [9.17, 15) is 14.7 Å². The SMILES string of the molecule is CCOC(=O)[C@@H]1/C(=N/Nc2ccccc2)C[C@](C)(O)[C@H](C(=O)OCC)[C@@H]1c1ccc2c(c1)OCO2. The second-order valence-corrected chi connectivity index (χ2v) is 8.71. The van der Waals surface area contributed by atoms with E-state index in [0.717, 1.165) is 5.69 Å². The van der Waals surface area contributed by atoms with E-state index in [1.54, 1.807) is 39.0 Å². The topological polar surface area (TPSA) is 116 Å². The van der Waals surface area contributed by atoms with Crippen LogP contribution in [0.3, 0.4) is 0 Å². The molecule has 35 heavy (non-hydrogen) atoms. The smallest absolute Gasteiger partial charge is 0.315 e. The van der Waals surface area contributed by atoms with Gasteiger partial charge in [-0.15, -0.1) is 0 Å². The summed E-state index contributed by atoms with van der Waals surface area (Å²) in [5.74, 6) is -2.87. The first-order valence-corrected chi connectivity index (χ1v) is 11.7. The summed E-state index contributed by atoms with van der Waals surface area (Å²) in [6.07, 6.45) is -0.0269. The van der Waals surface area contributed by atoms with Crippen LogP contribution in [-0.2, 0) is 19.1 Å². The van der Waals surface area contributed by atoms with E-state index in [-0.39, 0.29) is 26.4 Å². The Morgan fingerprint density at radius 2 is 1.74 bits per heavy atom. The Bertz CT molecular complexity index is 1100. The monoisotopic (exact) mass is 482 g/mol. The molecule has 0 unspecified atom stereocenters. The minimum Gasteiger partial charge on any atom is -0.466 e. The van der Waals surface area contributed by atoms with Gasteiger partial charge in [0.1, 0.15) is 5.92 Å². The van der Waals surface area contributed by atoms with Crippen molar-refractivity contribution in [3.8, 4) is 11.5 Å². The molecule has 2 aromatic carbocycles. The summed E-state index contributed by atoms with van der Waals surface area (Å²) < 4.78 is 21.7. The second-order valence-electron chi connectivity index (χ2n) is 8.71. The lowest BCUT2D eigenvalue weighted by atomic mass is 9.61. The molecule has 2 aromatic rings. The number of nitrogens with zero attached hydrogens (tertiary/aromatic N) is 1. The fourth-order valence-electron chi connectivity index (χ4n) is 4.78. The molecule has 9 heteroatoms. The Hall–Kier alpha value is -3.59. The molecule has 2 N–H and O–H groups in total. The zero-order valence-electron chi connectivity index (χ0n) is 20.0. The highest BCUT2D eigenvalue weighted by Gasteiger charge is 2.56. The third-order valence-corrected chi connectivity index (χ3v) is 6.25. The molecule has 1 saturated carbocycles. The normalized spacial score (nSPS) is 26.3. The molecule has 0 radical (unpaired) electrons. The van der Waals surface area contributed by atoms with Crippen molar-refractivity contribution in [3.63, 3.8) is 0 Å². The number of aliphatic hydroxyl groups is 1. The highest BCUT2D eigenvalue weighted by atomic mass is 16.7. The molecule has 0 saturated heterocycles. The Morgan fingerprint density at radius 3 is 2.46 bits per heavy atom. The van der Waals surface area contributed by atoms with Crippen molar-refractivity contribution in [2.24, 2.45) is 16.9 Å². The number of hydrogen-bond acceptors (Lipinski definition) is 9. The zero-order chi connectivity index (χ0) is 25.0. The maximum atomic E-state index is 13.4. The maximum Gasteiger partial charge on any atom is 0.315 e. The van der Waals surface area contributed by atoms with Crippen molar-refractivity contribution in [1.82, 2.24) is 0 Å². The van der Waals surface area contributed by atoms with Gasteiger partial charge in [0.25, 0.3) is 0 Å². The summed E-state index contributed by atoms with van der Waals surface area (Å²) in [6, 6.07) is 14.5. The first kappa shape index (κ1) is 24.5. The zero-order valence-corrected chi connectivity index (χ0v) is 20.0. The van der Waals surface area contributed by atoms with Gasteiger partial charge in [0.2, 0.25) is 6.79 Å². The molecular weight excluding hydrogens is 452 g/mol. The van der Waals surface area contributed by atoms with Gasteiger partial charge in [0.05, 0.1) is 36.1 Å². The predicted octanol–water partition coefficient (Wildman–Crippen LogP) is 3.48. The molecule has 1 fully saturated rings. The molecule has 1 aliphatic heterocycles. The average molecular weight is 483 g/mol. The van der Waals surface area contributed by atoms with E-state index < -0.39 is 35.3 Å². The largest absolute Gasteiger partial charge is 0.466 e. The molecule has 2 aliphatic rings. The van der Waals surface area contributed by atoms with Crippen LogP contribution in [0.25, 0.3) is 0 Å². The standard InChI is InChI=1S/C26H30N2O7/c1-4-32-24(29)22-18(28-27-17-9-7-6-8-10-17)14-26(3,31)23(25(30)33-5-2)21(22)16-11-12-19-20(13-16)35-15-34-19/h6-13,21-23,27,31H,4-5,14-15H2,1-3H3/b28-18+/t21-,22-,23+,26+/m1/s1. The van der Waals surface area contributed by atoms with E-state index in [4.69, 9.17) is 18.9 Å². The number of nitrogens with one attached hydrogen (secondary N) is 1. The highest BCUT2D eigenvalue weighted by molar-refractivity contribution is 6.06. The summed E-state index contributed by atoms with van der Waals surface area (Å²) in [6.45, 7) is 5.35. The molecule has 0 aromatic heterocycles. The summed E-state index contributed by atoms with van der Waals surface area (Å²) in [5.41, 5.74) is 3.12. The molecule has 1 heterocycles. The van der Waals surface area contributed by atoms with Gasteiger partial charge in [-0.3, -0.25) is 15.0 Å².